The largest absolute Gasteiger partial charge is 0.487 e. The number of nitrogens with zero attached hydrogens (tertiary/aromatic N) is 6. The molecule has 2 saturated heterocycles. The van der Waals surface area contributed by atoms with Crippen molar-refractivity contribution in [2.75, 3.05) is 37.7 Å². The fourth-order valence-corrected chi connectivity index (χ4v) is 4.17. The Morgan fingerprint density at radius 3 is 2.73 bits per heavy atom. The lowest BCUT2D eigenvalue weighted by Crippen LogP contribution is -2.46. The van der Waals surface area contributed by atoms with Crippen LogP contribution in [0.3, 0.4) is 0 Å². The maximum Gasteiger partial charge on any atom is 0.130 e. The maximum atomic E-state index is 8.89. The summed E-state index contributed by atoms with van der Waals surface area (Å²) in [6.07, 6.45) is 7.01. The number of imidazole rings is 1. The second-order valence-electron chi connectivity index (χ2n) is 8.48. The van der Waals surface area contributed by atoms with E-state index in [2.05, 4.69) is 48.7 Å². The molecule has 0 N–H and O–H groups in total. The van der Waals surface area contributed by atoms with Crippen molar-refractivity contribution in [1.29, 1.82) is 5.26 Å². The predicted molar refractivity (Wildman–Crippen MR) is 124 cm³/mol. The van der Waals surface area contributed by atoms with Crippen molar-refractivity contribution < 1.29 is 9.47 Å². The average molecular weight is 445 g/mol. The molecule has 0 amide bonds. The van der Waals surface area contributed by atoms with Crippen molar-refractivity contribution in [2.24, 2.45) is 0 Å². The number of ether oxygens (including phenoxy) is 2. The first-order chi connectivity index (χ1) is 16.3. The number of rotatable bonds is 8. The summed E-state index contributed by atoms with van der Waals surface area (Å²) < 4.78 is 13.8. The summed E-state index contributed by atoms with van der Waals surface area (Å²) in [7, 11) is 0. The van der Waals surface area contributed by atoms with Crippen LogP contribution in [0.25, 0.3) is 0 Å². The van der Waals surface area contributed by atoms with Crippen LogP contribution >= 0.6 is 0 Å². The molecular formula is C25H28N6O2. The van der Waals surface area contributed by atoms with Crippen LogP contribution in [0.4, 0.5) is 5.69 Å². The molecule has 1 aromatic carbocycles. The zero-order valence-electron chi connectivity index (χ0n) is 18.6. The number of benzene rings is 1. The number of piperazine rings is 1. The summed E-state index contributed by atoms with van der Waals surface area (Å²) in [5.41, 5.74) is 2.52. The molecule has 2 aromatic heterocycles. The van der Waals surface area contributed by atoms with E-state index in [0.717, 1.165) is 69.6 Å². The predicted octanol–water partition coefficient (Wildman–Crippen LogP) is 2.84. The molecule has 0 unspecified atom stereocenters. The number of hydrogen-bond donors (Lipinski definition) is 0. The lowest BCUT2D eigenvalue weighted by Gasteiger charge is -2.36. The van der Waals surface area contributed by atoms with E-state index < -0.39 is 0 Å². The fourth-order valence-electron chi connectivity index (χ4n) is 4.17. The highest BCUT2D eigenvalue weighted by Gasteiger charge is 2.22. The molecule has 8 nitrogen and oxygen atoms in total. The lowest BCUT2D eigenvalue weighted by molar-refractivity contribution is -0.0597. The van der Waals surface area contributed by atoms with E-state index in [1.54, 1.807) is 12.3 Å². The molecule has 170 valence electrons. The SMILES string of the molecule is N#Cc1ccc(COc2cccc(N3CCN(Cc4nccn4C[C@@H]4CCO4)CC3)c2)nc1. The molecule has 0 saturated carbocycles. The van der Waals surface area contributed by atoms with E-state index in [0.29, 0.717) is 18.3 Å². The molecule has 0 aliphatic carbocycles. The zero-order chi connectivity index (χ0) is 22.5. The molecular weight excluding hydrogens is 416 g/mol. The summed E-state index contributed by atoms with van der Waals surface area (Å²) in [5.74, 6) is 1.94. The second-order valence-corrected chi connectivity index (χ2v) is 8.48. The number of hydrogen-bond acceptors (Lipinski definition) is 7. The first kappa shape index (κ1) is 21.4. The van der Waals surface area contributed by atoms with Gasteiger partial charge in [-0.05, 0) is 30.7 Å². The monoisotopic (exact) mass is 444 g/mol. The second kappa shape index (κ2) is 10.0. The van der Waals surface area contributed by atoms with Crippen molar-refractivity contribution >= 4 is 5.69 Å². The van der Waals surface area contributed by atoms with Crippen molar-refractivity contribution in [3.05, 3.63) is 72.1 Å². The Hall–Kier alpha value is -3.41. The van der Waals surface area contributed by atoms with Crippen LogP contribution < -0.4 is 9.64 Å². The van der Waals surface area contributed by atoms with Crippen LogP contribution in [-0.4, -0.2) is 58.3 Å². The van der Waals surface area contributed by atoms with E-state index in [9.17, 15) is 0 Å². The van der Waals surface area contributed by atoms with Crippen LogP contribution in [0.15, 0.2) is 55.0 Å². The highest BCUT2D eigenvalue weighted by atomic mass is 16.5. The van der Waals surface area contributed by atoms with E-state index in [-0.39, 0.29) is 0 Å². The van der Waals surface area contributed by atoms with Gasteiger partial charge in [0.2, 0.25) is 0 Å². The van der Waals surface area contributed by atoms with Gasteiger partial charge in [0.25, 0.3) is 0 Å². The minimum absolute atomic E-state index is 0.344. The Labute approximate surface area is 194 Å². The summed E-state index contributed by atoms with van der Waals surface area (Å²) in [6.45, 7) is 6.95. The number of anilines is 1. The molecule has 2 aliphatic heterocycles. The normalized spacial score (nSPS) is 18.5. The van der Waals surface area contributed by atoms with Crippen LogP contribution in [0.2, 0.25) is 0 Å². The lowest BCUT2D eigenvalue weighted by atomic mass is 10.2. The van der Waals surface area contributed by atoms with Gasteiger partial charge in [0.05, 0.1) is 30.5 Å². The molecule has 4 heterocycles. The number of nitriles is 1. The molecule has 0 bridgehead atoms. The summed E-state index contributed by atoms with van der Waals surface area (Å²) in [4.78, 5) is 13.7. The summed E-state index contributed by atoms with van der Waals surface area (Å²) in [5, 5.41) is 8.89. The van der Waals surface area contributed by atoms with E-state index in [1.807, 2.05) is 24.4 Å². The van der Waals surface area contributed by atoms with Crippen molar-refractivity contribution in [3.63, 3.8) is 0 Å². The van der Waals surface area contributed by atoms with Gasteiger partial charge in [-0.3, -0.25) is 9.88 Å². The van der Waals surface area contributed by atoms with Gasteiger partial charge in [-0.1, -0.05) is 6.07 Å². The van der Waals surface area contributed by atoms with Gasteiger partial charge in [-0.25, -0.2) is 4.98 Å². The topological polar surface area (TPSA) is 79.4 Å². The minimum atomic E-state index is 0.344. The maximum absolute atomic E-state index is 8.89. The van der Waals surface area contributed by atoms with Gasteiger partial charge in [-0.15, -0.1) is 0 Å². The van der Waals surface area contributed by atoms with Crippen molar-refractivity contribution in [2.45, 2.75) is 32.2 Å². The first-order valence-electron chi connectivity index (χ1n) is 11.4. The smallest absolute Gasteiger partial charge is 0.130 e. The number of aromatic nitrogens is 3. The minimum Gasteiger partial charge on any atom is -0.487 e. The van der Waals surface area contributed by atoms with Gasteiger partial charge in [0.1, 0.15) is 24.3 Å². The number of pyridine rings is 1. The van der Waals surface area contributed by atoms with Crippen molar-refractivity contribution in [3.8, 4) is 11.8 Å². The van der Waals surface area contributed by atoms with Crippen molar-refractivity contribution in [1.82, 2.24) is 19.4 Å². The van der Waals surface area contributed by atoms with Gasteiger partial charge in [0, 0.05) is 63.1 Å². The van der Waals surface area contributed by atoms with Gasteiger partial charge in [-0.2, -0.15) is 5.26 Å². The molecule has 0 radical (unpaired) electrons. The third-order valence-corrected chi connectivity index (χ3v) is 6.26. The third kappa shape index (κ3) is 5.33. The molecule has 0 spiro atoms. The molecule has 5 rings (SSSR count). The third-order valence-electron chi connectivity index (χ3n) is 6.26. The van der Waals surface area contributed by atoms with Crippen LogP contribution in [0, 0.1) is 11.3 Å². The van der Waals surface area contributed by atoms with Crippen LogP contribution in [-0.2, 0) is 24.4 Å². The molecule has 2 fully saturated rings. The summed E-state index contributed by atoms with van der Waals surface area (Å²) >= 11 is 0. The highest BCUT2D eigenvalue weighted by molar-refractivity contribution is 5.51. The Kier molecular flexibility index (Phi) is 6.51. The fraction of sp³-hybridized carbons (Fsp3) is 0.400. The zero-order valence-corrected chi connectivity index (χ0v) is 18.6. The van der Waals surface area contributed by atoms with E-state index >= 15 is 0 Å². The Balaban J connectivity index is 1.13. The molecule has 2 aliphatic rings. The molecule has 3 aromatic rings. The Bertz CT molecular complexity index is 1090. The molecule has 33 heavy (non-hydrogen) atoms. The first-order valence-corrected chi connectivity index (χ1v) is 11.4. The van der Waals surface area contributed by atoms with Gasteiger partial charge >= 0.3 is 0 Å². The van der Waals surface area contributed by atoms with Crippen LogP contribution in [0.1, 0.15) is 23.5 Å². The van der Waals surface area contributed by atoms with Gasteiger partial charge in [0.15, 0.2) is 0 Å². The molecule has 1 atom stereocenters. The highest BCUT2D eigenvalue weighted by Crippen LogP contribution is 2.23. The van der Waals surface area contributed by atoms with Gasteiger partial charge < -0.3 is 18.9 Å². The summed E-state index contributed by atoms with van der Waals surface area (Å²) in [6, 6.07) is 13.9. The molecule has 8 heteroatoms. The van der Waals surface area contributed by atoms with E-state index in [1.165, 1.54) is 5.69 Å². The van der Waals surface area contributed by atoms with E-state index in [4.69, 9.17) is 14.7 Å². The average Bonchev–Trinajstić information content (AvgIpc) is 3.27. The Morgan fingerprint density at radius 2 is 2.00 bits per heavy atom. The quantitative estimate of drug-likeness (QED) is 0.529. The Morgan fingerprint density at radius 1 is 1.12 bits per heavy atom. The standard InChI is InChI=1S/C25H28N6O2/c26-15-20-4-5-21(28-16-20)19-33-23-3-1-2-22(14-23)30-11-9-29(10-12-30)18-25-27-7-8-31(25)17-24-6-13-32-24/h1-5,7-8,14,16,24H,6,9-13,17-19H2/t24-/m0/s1. The van der Waals surface area contributed by atoms with Crippen LogP contribution in [0.5, 0.6) is 5.75 Å².